The third kappa shape index (κ3) is 9.11. The maximum Gasteiger partial charge on any atom is 0.115 e. The van der Waals surface area contributed by atoms with Crippen LogP contribution in [0.5, 0.6) is 0 Å². The van der Waals surface area contributed by atoms with Gasteiger partial charge in [0, 0.05) is 28.0 Å². The van der Waals surface area contributed by atoms with Gasteiger partial charge in [0.05, 0.1) is 5.69 Å². The number of nitrogens with one attached hydrogen (secondary N) is 1. The molecule has 1 aliphatic rings. The van der Waals surface area contributed by atoms with Crippen molar-refractivity contribution in [2.75, 3.05) is 0 Å². The molecular weight excluding hydrogens is 718 g/mol. The number of benzene rings is 2. The van der Waals surface area contributed by atoms with Crippen molar-refractivity contribution in [3.63, 3.8) is 0 Å². The monoisotopic (exact) mass is 785 g/mol. The van der Waals surface area contributed by atoms with Gasteiger partial charge in [-0.1, -0.05) is 115 Å². The Kier molecular flexibility index (Phi) is 15.7. The Morgan fingerprint density at radius 2 is 1.60 bits per heavy atom. The maximum atomic E-state index is 7.42. The fraction of sp³-hybridized carbons (Fsp3) is 0.358. The Hall–Kier alpha value is -4.34. The minimum absolute atomic E-state index is 0.137. The summed E-state index contributed by atoms with van der Waals surface area (Å²) in [4.78, 5) is 0.950. The quantitative estimate of drug-likeness (QED) is 0.0892. The summed E-state index contributed by atoms with van der Waals surface area (Å²) in [6, 6.07) is 7.18. The zero-order valence-corrected chi connectivity index (χ0v) is 39.0. The second-order valence-electron chi connectivity index (χ2n) is 16.4. The number of rotatable bonds is 15. The molecule has 4 radical (unpaired) electrons. The minimum atomic E-state index is 0.137. The maximum absolute atomic E-state index is 7.42. The molecule has 0 bridgehead atoms. The van der Waals surface area contributed by atoms with E-state index >= 15 is 0 Å². The molecule has 1 aliphatic carbocycles. The van der Waals surface area contributed by atoms with Gasteiger partial charge in [-0.3, -0.25) is 0 Å². The Morgan fingerprint density at radius 3 is 2.16 bits per heavy atom. The molecule has 0 saturated heterocycles. The number of hydrogen-bond donors (Lipinski definition) is 2. The summed E-state index contributed by atoms with van der Waals surface area (Å²) in [7, 11) is 14.3. The molecule has 0 saturated carbocycles. The van der Waals surface area contributed by atoms with Gasteiger partial charge in [-0.2, -0.15) is 0 Å². The molecule has 0 spiro atoms. The number of hydrogen-bond acceptors (Lipinski definition) is 2. The van der Waals surface area contributed by atoms with E-state index in [1.807, 2.05) is 12.2 Å². The van der Waals surface area contributed by atoms with Gasteiger partial charge < -0.3 is 9.88 Å². The largest absolute Gasteiger partial charge is 0.378 e. The lowest BCUT2D eigenvalue weighted by Gasteiger charge is -2.24. The molecule has 1 atom stereocenters. The molecule has 4 rings (SSSR count). The number of thiol groups is 1. The van der Waals surface area contributed by atoms with E-state index in [0.29, 0.717) is 0 Å². The van der Waals surface area contributed by atoms with Crippen LogP contribution in [0.2, 0.25) is 0 Å². The van der Waals surface area contributed by atoms with Gasteiger partial charge in [0.25, 0.3) is 0 Å². The zero-order valence-electron chi connectivity index (χ0n) is 38.1. The molecule has 3 aromatic rings. The molecule has 1 N–H and O–H groups in total. The van der Waals surface area contributed by atoms with Crippen LogP contribution in [-0.4, -0.2) is 20.3 Å². The summed E-state index contributed by atoms with van der Waals surface area (Å²) in [5.41, 5.74) is 24.4. The second-order valence-corrected chi connectivity index (χ2v) is 16.8. The Labute approximate surface area is 360 Å². The van der Waals surface area contributed by atoms with Crippen LogP contribution in [0.25, 0.3) is 27.9 Å². The SMILES string of the molecule is [B]/C(=C(/C)c1c([B])c(C)c(C)c(S)c1C)c1c(C)c(/C(C)=C(/C)C(=C)C)n(C(/C=C\C=C)=C(/C)c2ccc(C(C)NC(C3=CC=CC3)=C(C)C)cc2CCC)c1CC. The first-order valence-electron chi connectivity index (χ1n) is 20.9. The lowest BCUT2D eigenvalue weighted by atomic mass is 9.74. The Bertz CT molecular complexity index is 2330. The Balaban J connectivity index is 2.10. The first-order valence-corrected chi connectivity index (χ1v) is 21.4. The van der Waals surface area contributed by atoms with Gasteiger partial charge in [-0.25, -0.2) is 0 Å². The smallest absolute Gasteiger partial charge is 0.115 e. The van der Waals surface area contributed by atoms with Gasteiger partial charge in [0.15, 0.2) is 0 Å². The van der Waals surface area contributed by atoms with Crippen LogP contribution in [0.3, 0.4) is 0 Å². The molecule has 0 amide bonds. The third-order valence-electron chi connectivity index (χ3n) is 12.3. The van der Waals surface area contributed by atoms with Crippen molar-refractivity contribution < 1.29 is 0 Å². The van der Waals surface area contributed by atoms with Gasteiger partial charge >= 0.3 is 0 Å². The molecule has 2 aromatic carbocycles. The average molecular weight is 785 g/mol. The van der Waals surface area contributed by atoms with Crippen LogP contribution < -0.4 is 10.8 Å². The standard InChI is InChI=1S/C53H66B2N2S/c1-17-20-26-46(36(12)44-28-27-42(29-43(44)23-18-2)40(16)56-51(31(6)7)41-24-21-22-25-41)57-45(19-3)48(38(14)52(57)34(10)32(8)30(4)5)50(55)37(13)47-39(15)53(58)35(11)33(9)49(47)54/h17,20-22,24,26-29,40,56,58H,1,4,18-19,23,25H2,2-3,5-16H3/b26-20-,34-32-,46-36-,50-37-. The summed E-state index contributed by atoms with van der Waals surface area (Å²) >= 11 is 4.92. The fourth-order valence-electron chi connectivity index (χ4n) is 8.51. The fourth-order valence-corrected chi connectivity index (χ4v) is 8.79. The van der Waals surface area contributed by atoms with Gasteiger partial charge in [-0.15, -0.1) is 12.6 Å². The first kappa shape index (κ1) is 46.4. The van der Waals surface area contributed by atoms with Crippen molar-refractivity contribution in [1.29, 1.82) is 0 Å². The van der Waals surface area contributed by atoms with Gasteiger partial charge in [0.1, 0.15) is 15.7 Å². The lowest BCUT2D eigenvalue weighted by Crippen LogP contribution is -2.20. The number of allylic oxidation sites excluding steroid dienone is 14. The molecule has 0 fully saturated rings. The van der Waals surface area contributed by atoms with E-state index in [0.717, 1.165) is 109 Å². The van der Waals surface area contributed by atoms with E-state index in [1.165, 1.54) is 44.7 Å². The predicted molar refractivity (Wildman–Crippen MR) is 263 cm³/mol. The Morgan fingerprint density at radius 1 is 0.931 bits per heavy atom. The third-order valence-corrected chi connectivity index (χ3v) is 13.0. The van der Waals surface area contributed by atoms with E-state index in [-0.39, 0.29) is 6.04 Å². The van der Waals surface area contributed by atoms with Crippen molar-refractivity contribution in [3.05, 3.63) is 157 Å². The molecule has 0 aliphatic heterocycles. The highest BCUT2D eigenvalue weighted by Gasteiger charge is 2.27. The molecule has 58 heavy (non-hydrogen) atoms. The molecule has 2 nitrogen and oxygen atoms in total. The van der Waals surface area contributed by atoms with Crippen molar-refractivity contribution in [2.45, 2.75) is 134 Å². The van der Waals surface area contributed by atoms with E-state index in [2.05, 4.69) is 162 Å². The van der Waals surface area contributed by atoms with Crippen molar-refractivity contribution >= 4 is 61.7 Å². The summed E-state index contributed by atoms with van der Waals surface area (Å²) in [5, 5.41) is 3.87. The van der Waals surface area contributed by atoms with Crippen molar-refractivity contribution in [1.82, 2.24) is 9.88 Å². The molecule has 5 heteroatoms. The normalized spacial score (nSPS) is 14.6. The van der Waals surface area contributed by atoms with Crippen LogP contribution in [-0.2, 0) is 12.8 Å². The summed E-state index contributed by atoms with van der Waals surface area (Å²) in [6.45, 7) is 38.9. The van der Waals surface area contributed by atoms with E-state index in [4.69, 9.17) is 28.3 Å². The van der Waals surface area contributed by atoms with E-state index < -0.39 is 0 Å². The van der Waals surface area contributed by atoms with E-state index in [1.54, 1.807) is 0 Å². The van der Waals surface area contributed by atoms with Crippen molar-refractivity contribution in [3.8, 4) is 0 Å². The lowest BCUT2D eigenvalue weighted by molar-refractivity contribution is 0.650. The topological polar surface area (TPSA) is 17.0 Å². The van der Waals surface area contributed by atoms with Crippen LogP contribution in [0.4, 0.5) is 0 Å². The molecule has 1 unspecified atom stereocenters. The number of nitrogens with zero attached hydrogens (tertiary/aromatic N) is 1. The van der Waals surface area contributed by atoms with Gasteiger partial charge in [-0.05, 0) is 175 Å². The number of aryl methyl sites for hydroxylation is 1. The average Bonchev–Trinajstić information content (AvgIpc) is 3.83. The van der Waals surface area contributed by atoms with Crippen LogP contribution in [0.1, 0.15) is 150 Å². The summed E-state index contributed by atoms with van der Waals surface area (Å²) in [5.74, 6) is 0. The predicted octanol–water partition coefficient (Wildman–Crippen LogP) is 13.7. The highest BCUT2D eigenvalue weighted by atomic mass is 32.1. The zero-order chi connectivity index (χ0) is 43.3. The first-order chi connectivity index (χ1) is 27.3. The number of aromatic nitrogens is 1. The summed E-state index contributed by atoms with van der Waals surface area (Å²) in [6.07, 6.45) is 16.4. The van der Waals surface area contributed by atoms with E-state index in [9.17, 15) is 0 Å². The van der Waals surface area contributed by atoms with Crippen LogP contribution in [0, 0.1) is 27.7 Å². The van der Waals surface area contributed by atoms with Crippen LogP contribution in [0.15, 0.2) is 101 Å². The highest BCUT2D eigenvalue weighted by molar-refractivity contribution is 7.80. The summed E-state index contributed by atoms with van der Waals surface area (Å²) < 4.78 is 2.46. The second kappa shape index (κ2) is 19.6. The van der Waals surface area contributed by atoms with Crippen molar-refractivity contribution in [2.24, 2.45) is 0 Å². The molecule has 1 heterocycles. The highest BCUT2D eigenvalue weighted by Crippen LogP contribution is 2.42. The minimum Gasteiger partial charge on any atom is -0.378 e. The van der Waals surface area contributed by atoms with Gasteiger partial charge in [0.2, 0.25) is 0 Å². The molecule has 300 valence electrons. The molecule has 1 aromatic heterocycles. The van der Waals surface area contributed by atoms with Crippen LogP contribution >= 0.6 is 12.6 Å². The molecular formula is C53H66B2N2S.